The van der Waals surface area contributed by atoms with Gasteiger partial charge in [0.15, 0.2) is 5.69 Å². The molecule has 0 aromatic carbocycles. The largest absolute Gasteiger partial charge is 0.461 e. The number of aromatic nitrogens is 3. The molecule has 7 heteroatoms. The predicted octanol–water partition coefficient (Wildman–Crippen LogP) is 1.10. The minimum atomic E-state index is -0.465. The molecule has 1 N–H and O–H groups in total. The van der Waals surface area contributed by atoms with Crippen molar-refractivity contribution in [3.8, 4) is 0 Å². The zero-order valence-electron chi connectivity index (χ0n) is 12.8. The van der Waals surface area contributed by atoms with Crippen molar-refractivity contribution < 1.29 is 14.3 Å². The molecule has 7 nitrogen and oxygen atoms in total. The third-order valence-electron chi connectivity index (χ3n) is 3.21. The van der Waals surface area contributed by atoms with Gasteiger partial charge in [-0.1, -0.05) is 19.1 Å². The molecule has 2 rings (SSSR count). The van der Waals surface area contributed by atoms with Gasteiger partial charge in [-0.25, -0.2) is 9.48 Å². The van der Waals surface area contributed by atoms with Crippen LogP contribution in [0.3, 0.4) is 0 Å². The molecule has 1 aromatic rings. The van der Waals surface area contributed by atoms with Crippen molar-refractivity contribution in [2.45, 2.75) is 46.1 Å². The Labute approximate surface area is 124 Å². The maximum atomic E-state index is 11.9. The summed E-state index contributed by atoms with van der Waals surface area (Å²) < 4.78 is 6.52. The zero-order valence-corrected chi connectivity index (χ0v) is 12.8. The molecule has 1 saturated carbocycles. The SMILES string of the molecule is CCOC(=O)c1nnn(CC(=O)NCC(C)C)c1C1CC1. The van der Waals surface area contributed by atoms with E-state index in [4.69, 9.17) is 4.74 Å². The van der Waals surface area contributed by atoms with Crippen LogP contribution < -0.4 is 5.32 Å². The minimum absolute atomic E-state index is 0.0883. The van der Waals surface area contributed by atoms with Crippen molar-refractivity contribution in [1.82, 2.24) is 20.3 Å². The summed E-state index contributed by atoms with van der Waals surface area (Å²) in [6.07, 6.45) is 1.99. The maximum Gasteiger partial charge on any atom is 0.360 e. The van der Waals surface area contributed by atoms with E-state index in [-0.39, 0.29) is 24.1 Å². The molecule has 0 unspecified atom stereocenters. The molecule has 1 fully saturated rings. The van der Waals surface area contributed by atoms with Crippen molar-refractivity contribution in [3.63, 3.8) is 0 Å². The highest BCUT2D eigenvalue weighted by Gasteiger charge is 2.34. The fourth-order valence-corrected chi connectivity index (χ4v) is 2.05. The topological polar surface area (TPSA) is 86.1 Å². The van der Waals surface area contributed by atoms with Crippen molar-refractivity contribution in [1.29, 1.82) is 0 Å². The molecule has 116 valence electrons. The average Bonchev–Trinajstić information content (AvgIpc) is 3.18. The third kappa shape index (κ3) is 4.03. The number of carbonyl (C=O) groups excluding carboxylic acids is 2. The molecule has 0 radical (unpaired) electrons. The van der Waals surface area contributed by atoms with Crippen LogP contribution in [0.25, 0.3) is 0 Å². The summed E-state index contributed by atoms with van der Waals surface area (Å²) in [5.74, 6) is 0.0687. The Balaban J connectivity index is 2.09. The Bertz CT molecular complexity index is 520. The van der Waals surface area contributed by atoms with Gasteiger partial charge >= 0.3 is 5.97 Å². The average molecular weight is 294 g/mol. The first kappa shape index (κ1) is 15.5. The van der Waals surface area contributed by atoms with Crippen LogP contribution in [0.1, 0.15) is 55.7 Å². The second-order valence-corrected chi connectivity index (χ2v) is 5.67. The highest BCUT2D eigenvalue weighted by atomic mass is 16.5. The Morgan fingerprint density at radius 1 is 1.43 bits per heavy atom. The molecule has 1 aromatic heterocycles. The van der Waals surface area contributed by atoms with E-state index in [9.17, 15) is 9.59 Å². The van der Waals surface area contributed by atoms with Crippen LogP contribution in [0.15, 0.2) is 0 Å². The first-order valence-electron chi connectivity index (χ1n) is 7.40. The predicted molar refractivity (Wildman–Crippen MR) is 75.8 cm³/mol. The number of amides is 1. The number of hydrogen-bond acceptors (Lipinski definition) is 5. The van der Waals surface area contributed by atoms with Gasteiger partial charge in [-0.05, 0) is 25.7 Å². The summed E-state index contributed by atoms with van der Waals surface area (Å²) in [7, 11) is 0. The van der Waals surface area contributed by atoms with Crippen LogP contribution in [0.2, 0.25) is 0 Å². The van der Waals surface area contributed by atoms with E-state index in [1.165, 1.54) is 4.68 Å². The van der Waals surface area contributed by atoms with Crippen LogP contribution in [-0.4, -0.2) is 40.0 Å². The van der Waals surface area contributed by atoms with Crippen LogP contribution in [0.4, 0.5) is 0 Å². The first-order chi connectivity index (χ1) is 10.0. The fraction of sp³-hybridized carbons (Fsp3) is 0.714. The van der Waals surface area contributed by atoms with Crippen LogP contribution in [0, 0.1) is 5.92 Å². The normalized spacial score (nSPS) is 14.3. The van der Waals surface area contributed by atoms with E-state index >= 15 is 0 Å². The quantitative estimate of drug-likeness (QED) is 0.761. The van der Waals surface area contributed by atoms with E-state index < -0.39 is 5.97 Å². The second-order valence-electron chi connectivity index (χ2n) is 5.67. The van der Waals surface area contributed by atoms with Gasteiger partial charge in [0.25, 0.3) is 0 Å². The molecule has 1 aliphatic carbocycles. The molecular formula is C14H22N4O3. The summed E-state index contributed by atoms with van der Waals surface area (Å²) in [5.41, 5.74) is 0.976. The first-order valence-corrected chi connectivity index (χ1v) is 7.40. The van der Waals surface area contributed by atoms with Gasteiger partial charge in [-0.2, -0.15) is 0 Å². The van der Waals surface area contributed by atoms with E-state index in [0.29, 0.717) is 19.1 Å². The van der Waals surface area contributed by atoms with E-state index in [0.717, 1.165) is 18.5 Å². The van der Waals surface area contributed by atoms with E-state index in [2.05, 4.69) is 15.6 Å². The minimum Gasteiger partial charge on any atom is -0.461 e. The standard InChI is InChI=1S/C14H22N4O3/c1-4-21-14(20)12-13(10-5-6-10)18(17-16-12)8-11(19)15-7-9(2)3/h9-10H,4-8H2,1-3H3,(H,15,19). The maximum absolute atomic E-state index is 11.9. The van der Waals surface area contributed by atoms with Gasteiger partial charge in [-0.3, -0.25) is 4.79 Å². The third-order valence-corrected chi connectivity index (χ3v) is 3.21. The molecule has 0 aliphatic heterocycles. The Hall–Kier alpha value is -1.92. The summed E-state index contributed by atoms with van der Waals surface area (Å²) in [5, 5.41) is 10.7. The van der Waals surface area contributed by atoms with Gasteiger partial charge in [-0.15, -0.1) is 5.10 Å². The number of hydrogen-bond donors (Lipinski definition) is 1. The Morgan fingerprint density at radius 3 is 2.71 bits per heavy atom. The fourth-order valence-electron chi connectivity index (χ4n) is 2.05. The number of ether oxygens (including phenoxy) is 1. The van der Waals surface area contributed by atoms with E-state index in [1.807, 2.05) is 13.8 Å². The van der Waals surface area contributed by atoms with E-state index in [1.54, 1.807) is 6.92 Å². The molecule has 0 saturated heterocycles. The Morgan fingerprint density at radius 2 is 2.14 bits per heavy atom. The molecule has 1 amide bonds. The van der Waals surface area contributed by atoms with Crippen molar-refractivity contribution in [3.05, 3.63) is 11.4 Å². The molecule has 0 atom stereocenters. The van der Waals surface area contributed by atoms with Gasteiger partial charge in [0, 0.05) is 12.5 Å². The molecular weight excluding hydrogens is 272 g/mol. The highest BCUT2D eigenvalue weighted by Crippen LogP contribution is 2.41. The van der Waals surface area contributed by atoms with Crippen LogP contribution in [0.5, 0.6) is 0 Å². The van der Waals surface area contributed by atoms with Crippen LogP contribution >= 0.6 is 0 Å². The van der Waals surface area contributed by atoms with Gasteiger partial charge < -0.3 is 10.1 Å². The lowest BCUT2D eigenvalue weighted by Gasteiger charge is -2.09. The number of rotatable bonds is 7. The zero-order chi connectivity index (χ0) is 15.4. The molecule has 21 heavy (non-hydrogen) atoms. The number of carbonyl (C=O) groups is 2. The lowest BCUT2D eigenvalue weighted by molar-refractivity contribution is -0.122. The lowest BCUT2D eigenvalue weighted by Crippen LogP contribution is -2.31. The van der Waals surface area contributed by atoms with Gasteiger partial charge in [0.1, 0.15) is 6.54 Å². The summed E-state index contributed by atoms with van der Waals surface area (Å²) >= 11 is 0. The summed E-state index contributed by atoms with van der Waals surface area (Å²) in [6, 6.07) is 0. The number of esters is 1. The van der Waals surface area contributed by atoms with Crippen molar-refractivity contribution in [2.75, 3.05) is 13.2 Å². The second kappa shape index (κ2) is 6.69. The van der Waals surface area contributed by atoms with Crippen molar-refractivity contribution >= 4 is 11.9 Å². The number of nitrogens with zero attached hydrogens (tertiary/aromatic N) is 3. The summed E-state index contributed by atoms with van der Waals surface area (Å²) in [4.78, 5) is 23.8. The van der Waals surface area contributed by atoms with Gasteiger partial charge in [0.05, 0.1) is 12.3 Å². The molecule has 0 spiro atoms. The number of nitrogens with one attached hydrogen (secondary N) is 1. The lowest BCUT2D eigenvalue weighted by atomic mass is 10.2. The monoisotopic (exact) mass is 294 g/mol. The molecule has 1 aliphatic rings. The highest BCUT2D eigenvalue weighted by molar-refractivity contribution is 5.88. The Kier molecular flexibility index (Phi) is 4.93. The molecule has 1 heterocycles. The summed E-state index contributed by atoms with van der Waals surface area (Å²) in [6.45, 7) is 6.82. The van der Waals surface area contributed by atoms with Crippen LogP contribution in [-0.2, 0) is 16.1 Å². The molecule has 0 bridgehead atoms. The smallest absolute Gasteiger partial charge is 0.360 e. The van der Waals surface area contributed by atoms with Gasteiger partial charge in [0.2, 0.25) is 5.91 Å². The van der Waals surface area contributed by atoms with Crippen molar-refractivity contribution in [2.24, 2.45) is 5.92 Å².